The molecule has 0 aliphatic carbocycles. The Hall–Kier alpha value is -0.860. The first kappa shape index (κ1) is 16.5. The minimum Gasteiger partial charge on any atom is -0.314 e. The zero-order valence-corrected chi connectivity index (χ0v) is 14.2. The highest BCUT2D eigenvalue weighted by molar-refractivity contribution is 5.25. The molecule has 2 heteroatoms. The first-order chi connectivity index (χ1) is 10.1. The Bertz CT molecular complexity index is 410. The number of hydrogen-bond acceptors (Lipinski definition) is 2. The zero-order valence-electron chi connectivity index (χ0n) is 14.2. The average Bonchev–Trinajstić information content (AvgIpc) is 2.92. The molecule has 1 saturated heterocycles. The lowest BCUT2D eigenvalue weighted by atomic mass is 9.99. The summed E-state index contributed by atoms with van der Waals surface area (Å²) in [5.41, 5.74) is 2.91. The topological polar surface area (TPSA) is 15.3 Å². The Morgan fingerprint density at radius 1 is 1.19 bits per heavy atom. The van der Waals surface area contributed by atoms with Crippen molar-refractivity contribution in [1.82, 2.24) is 10.2 Å². The lowest BCUT2D eigenvalue weighted by Crippen LogP contribution is -2.28. The summed E-state index contributed by atoms with van der Waals surface area (Å²) in [5.74, 6) is 0.580. The van der Waals surface area contributed by atoms with E-state index in [1.165, 1.54) is 36.9 Å². The molecule has 0 radical (unpaired) electrons. The Balaban J connectivity index is 1.89. The molecule has 2 rings (SSSR count). The van der Waals surface area contributed by atoms with Crippen molar-refractivity contribution in [1.29, 1.82) is 0 Å². The van der Waals surface area contributed by atoms with E-state index in [0.29, 0.717) is 12.0 Å². The highest BCUT2D eigenvalue weighted by Gasteiger charge is 2.22. The van der Waals surface area contributed by atoms with Crippen LogP contribution >= 0.6 is 0 Å². The van der Waals surface area contributed by atoms with E-state index in [-0.39, 0.29) is 0 Å². The quantitative estimate of drug-likeness (QED) is 0.810. The van der Waals surface area contributed by atoms with Crippen molar-refractivity contribution in [2.75, 3.05) is 13.1 Å². The summed E-state index contributed by atoms with van der Waals surface area (Å²) < 4.78 is 0. The molecule has 118 valence electrons. The van der Waals surface area contributed by atoms with Crippen LogP contribution in [0.4, 0.5) is 0 Å². The molecular formula is C19H32N2. The first-order valence-corrected chi connectivity index (χ1v) is 8.66. The second-order valence-electron chi connectivity index (χ2n) is 6.88. The summed E-state index contributed by atoms with van der Waals surface area (Å²) in [4.78, 5) is 2.65. The maximum atomic E-state index is 3.52. The van der Waals surface area contributed by atoms with Gasteiger partial charge in [0.05, 0.1) is 0 Å². The molecule has 2 nitrogen and oxygen atoms in total. The average molecular weight is 288 g/mol. The molecule has 1 aliphatic rings. The second kappa shape index (κ2) is 7.95. The molecule has 2 unspecified atom stereocenters. The molecule has 0 saturated carbocycles. The first-order valence-electron chi connectivity index (χ1n) is 8.66. The Morgan fingerprint density at radius 2 is 1.90 bits per heavy atom. The van der Waals surface area contributed by atoms with Crippen LogP contribution in [-0.4, -0.2) is 30.1 Å². The maximum absolute atomic E-state index is 3.52. The van der Waals surface area contributed by atoms with Crippen LogP contribution in [0.3, 0.4) is 0 Å². The molecule has 1 heterocycles. The van der Waals surface area contributed by atoms with Crippen LogP contribution in [0.1, 0.15) is 64.0 Å². The Morgan fingerprint density at radius 3 is 2.52 bits per heavy atom. The van der Waals surface area contributed by atoms with Crippen molar-refractivity contribution < 1.29 is 0 Å². The molecular weight excluding hydrogens is 256 g/mol. The van der Waals surface area contributed by atoms with Crippen LogP contribution in [0.2, 0.25) is 0 Å². The number of hydrogen-bond donors (Lipinski definition) is 1. The van der Waals surface area contributed by atoms with Gasteiger partial charge >= 0.3 is 0 Å². The standard InChI is InChI=1S/C19H32N2/c1-5-19-7-6-12-21(19)14-17-8-10-18(11-9-17)16(4)13-20-15(2)3/h8-11,15-16,19-20H,5-7,12-14H2,1-4H3. The van der Waals surface area contributed by atoms with E-state index >= 15 is 0 Å². The fourth-order valence-electron chi connectivity index (χ4n) is 3.28. The van der Waals surface area contributed by atoms with E-state index in [1.807, 2.05) is 0 Å². The molecule has 0 amide bonds. The minimum absolute atomic E-state index is 0.563. The number of nitrogens with zero attached hydrogens (tertiary/aromatic N) is 1. The predicted octanol–water partition coefficient (Wildman–Crippen LogP) is 4.16. The van der Waals surface area contributed by atoms with E-state index in [4.69, 9.17) is 0 Å². The summed E-state index contributed by atoms with van der Waals surface area (Å²) >= 11 is 0. The van der Waals surface area contributed by atoms with Crippen molar-refractivity contribution in [3.63, 3.8) is 0 Å². The van der Waals surface area contributed by atoms with Crippen molar-refractivity contribution >= 4 is 0 Å². The third-order valence-electron chi connectivity index (χ3n) is 4.74. The van der Waals surface area contributed by atoms with E-state index in [0.717, 1.165) is 19.1 Å². The van der Waals surface area contributed by atoms with Gasteiger partial charge in [-0.05, 0) is 42.9 Å². The fraction of sp³-hybridized carbons (Fsp3) is 0.684. The Kier molecular flexibility index (Phi) is 6.25. The number of benzene rings is 1. The second-order valence-corrected chi connectivity index (χ2v) is 6.88. The predicted molar refractivity (Wildman–Crippen MR) is 91.7 cm³/mol. The number of nitrogens with one attached hydrogen (secondary N) is 1. The highest BCUT2D eigenvalue weighted by Crippen LogP contribution is 2.23. The summed E-state index contributed by atoms with van der Waals surface area (Å²) in [6, 6.07) is 10.7. The maximum Gasteiger partial charge on any atom is 0.0236 e. The van der Waals surface area contributed by atoms with E-state index in [2.05, 4.69) is 62.2 Å². The highest BCUT2D eigenvalue weighted by atomic mass is 15.2. The number of likely N-dealkylation sites (tertiary alicyclic amines) is 1. The van der Waals surface area contributed by atoms with E-state index in [1.54, 1.807) is 0 Å². The smallest absolute Gasteiger partial charge is 0.0236 e. The third kappa shape index (κ3) is 4.82. The van der Waals surface area contributed by atoms with Gasteiger partial charge in [0.1, 0.15) is 0 Å². The molecule has 1 aliphatic heterocycles. The van der Waals surface area contributed by atoms with Crippen molar-refractivity contribution in [3.05, 3.63) is 35.4 Å². The molecule has 2 atom stereocenters. The van der Waals surface area contributed by atoms with Crippen molar-refractivity contribution in [2.24, 2.45) is 0 Å². The molecule has 0 bridgehead atoms. The normalized spacial score (nSPS) is 21.1. The lowest BCUT2D eigenvalue weighted by molar-refractivity contribution is 0.240. The van der Waals surface area contributed by atoms with Gasteiger partial charge in [0.2, 0.25) is 0 Å². The largest absolute Gasteiger partial charge is 0.314 e. The summed E-state index contributed by atoms with van der Waals surface area (Å²) in [5, 5.41) is 3.52. The van der Waals surface area contributed by atoms with Crippen LogP contribution in [-0.2, 0) is 6.54 Å². The third-order valence-corrected chi connectivity index (χ3v) is 4.74. The molecule has 21 heavy (non-hydrogen) atoms. The summed E-state index contributed by atoms with van der Waals surface area (Å²) in [6.45, 7) is 12.5. The lowest BCUT2D eigenvalue weighted by Gasteiger charge is -2.23. The van der Waals surface area contributed by atoms with Gasteiger partial charge in [-0.2, -0.15) is 0 Å². The molecule has 1 aromatic carbocycles. The van der Waals surface area contributed by atoms with Gasteiger partial charge in [-0.25, -0.2) is 0 Å². The van der Waals surface area contributed by atoms with Gasteiger partial charge < -0.3 is 5.32 Å². The number of rotatable bonds is 7. The van der Waals surface area contributed by atoms with E-state index < -0.39 is 0 Å². The van der Waals surface area contributed by atoms with Crippen LogP contribution in [0.25, 0.3) is 0 Å². The van der Waals surface area contributed by atoms with Gasteiger partial charge in [0.25, 0.3) is 0 Å². The van der Waals surface area contributed by atoms with Crippen molar-refractivity contribution in [2.45, 2.75) is 71.5 Å². The molecule has 1 N–H and O–H groups in total. The Labute approximate surface area is 130 Å². The van der Waals surface area contributed by atoms with Gasteiger partial charge in [-0.3, -0.25) is 4.90 Å². The monoisotopic (exact) mass is 288 g/mol. The summed E-state index contributed by atoms with van der Waals surface area (Å²) in [6.07, 6.45) is 4.04. The fourth-order valence-corrected chi connectivity index (χ4v) is 3.28. The van der Waals surface area contributed by atoms with Crippen LogP contribution in [0.15, 0.2) is 24.3 Å². The summed E-state index contributed by atoms with van der Waals surface area (Å²) in [7, 11) is 0. The van der Waals surface area contributed by atoms with Gasteiger partial charge in [-0.15, -0.1) is 0 Å². The van der Waals surface area contributed by atoms with Crippen LogP contribution in [0, 0.1) is 0 Å². The molecule has 1 aromatic rings. The van der Waals surface area contributed by atoms with Crippen molar-refractivity contribution in [3.8, 4) is 0 Å². The van der Waals surface area contributed by atoms with E-state index in [9.17, 15) is 0 Å². The molecule has 1 fully saturated rings. The van der Waals surface area contributed by atoms with Crippen LogP contribution < -0.4 is 5.32 Å². The van der Waals surface area contributed by atoms with Crippen LogP contribution in [0.5, 0.6) is 0 Å². The molecule has 0 aromatic heterocycles. The molecule has 0 spiro atoms. The van der Waals surface area contributed by atoms with Gasteiger partial charge in [-0.1, -0.05) is 52.0 Å². The SMILES string of the molecule is CCC1CCCN1Cc1ccc(C(C)CNC(C)C)cc1. The van der Waals surface area contributed by atoms with Gasteiger partial charge in [0.15, 0.2) is 0 Å². The van der Waals surface area contributed by atoms with Gasteiger partial charge in [0, 0.05) is 25.2 Å². The zero-order chi connectivity index (χ0) is 15.2. The minimum atomic E-state index is 0.563.